The zero-order valence-corrected chi connectivity index (χ0v) is 17.7. The number of fused-ring (bicyclic) bond motifs is 1. The highest BCUT2D eigenvalue weighted by Crippen LogP contribution is 2.53. The fourth-order valence-electron chi connectivity index (χ4n) is 4.47. The average Bonchev–Trinajstić information content (AvgIpc) is 2.74. The first kappa shape index (κ1) is 18.9. The highest BCUT2D eigenvalue weighted by molar-refractivity contribution is 8.17. The Hall–Kier alpha value is -1.47. The summed E-state index contributed by atoms with van der Waals surface area (Å²) in [6, 6.07) is 26.4. The molecule has 0 radical (unpaired) electrons. The summed E-state index contributed by atoms with van der Waals surface area (Å²) in [5.41, 5.74) is 1.97. The summed E-state index contributed by atoms with van der Waals surface area (Å²) in [4.78, 5) is 0. The number of nitrogens with one attached hydrogen (secondary N) is 1. The van der Waals surface area contributed by atoms with E-state index in [1.165, 1.54) is 53.7 Å². The molecule has 1 fully saturated rings. The molecule has 0 bridgehead atoms. The van der Waals surface area contributed by atoms with Gasteiger partial charge in [-0.2, -0.15) is 0 Å². The summed E-state index contributed by atoms with van der Waals surface area (Å²) >= 11 is 6.49. The molecule has 2 atom stereocenters. The van der Waals surface area contributed by atoms with Crippen molar-refractivity contribution in [2.24, 2.45) is 0 Å². The van der Waals surface area contributed by atoms with Crippen LogP contribution in [0.2, 0.25) is 0 Å². The Labute approximate surface area is 168 Å². The van der Waals surface area contributed by atoms with Gasteiger partial charge in [-0.05, 0) is 41.4 Å². The number of hydrogen-bond donors (Lipinski definition) is 1. The molecule has 0 saturated heterocycles. The third-order valence-electron chi connectivity index (χ3n) is 5.90. The van der Waals surface area contributed by atoms with Gasteiger partial charge >= 0.3 is 0 Å². The second kappa shape index (κ2) is 8.27. The third-order valence-corrected chi connectivity index (χ3v) is 11.1. The van der Waals surface area contributed by atoms with Gasteiger partial charge in [0.25, 0.3) is 0 Å². The minimum atomic E-state index is -1.86. The summed E-state index contributed by atoms with van der Waals surface area (Å²) in [5, 5.41) is 7.99. The van der Waals surface area contributed by atoms with E-state index in [1.54, 1.807) is 0 Å². The lowest BCUT2D eigenvalue weighted by atomic mass is 10.0. The minimum absolute atomic E-state index is 0.240. The molecule has 1 nitrogen and oxygen atoms in total. The predicted octanol–water partition coefficient (Wildman–Crippen LogP) is 6.54. The largest absolute Gasteiger partial charge is 0.278 e. The van der Waals surface area contributed by atoms with Gasteiger partial charge in [-0.15, -0.1) is 0 Å². The molecule has 0 aliphatic heterocycles. The molecule has 0 aromatic heterocycles. The quantitative estimate of drug-likeness (QED) is 0.494. The zero-order chi connectivity index (χ0) is 18.7. The van der Waals surface area contributed by atoms with Crippen LogP contribution in [0.15, 0.2) is 72.8 Å². The number of rotatable bonds is 5. The Kier molecular flexibility index (Phi) is 5.78. The van der Waals surface area contributed by atoms with Crippen LogP contribution < -0.4 is 10.4 Å². The van der Waals surface area contributed by atoms with Gasteiger partial charge in [-0.25, -0.2) is 0 Å². The molecule has 3 aromatic rings. The van der Waals surface area contributed by atoms with E-state index in [0.717, 1.165) is 0 Å². The van der Waals surface area contributed by atoms with Gasteiger partial charge in [0.2, 0.25) is 0 Å². The van der Waals surface area contributed by atoms with Crippen molar-refractivity contribution in [2.45, 2.75) is 50.7 Å². The first-order valence-electron chi connectivity index (χ1n) is 10.1. The maximum Gasteiger partial charge on any atom is 0.0438 e. The van der Waals surface area contributed by atoms with Gasteiger partial charge in [-0.3, -0.25) is 5.09 Å². The molecular weight excluding hydrogens is 365 g/mol. The van der Waals surface area contributed by atoms with E-state index in [-0.39, 0.29) is 6.04 Å². The summed E-state index contributed by atoms with van der Waals surface area (Å²) in [7, 11) is 0. The molecule has 27 heavy (non-hydrogen) atoms. The first-order chi connectivity index (χ1) is 13.2. The van der Waals surface area contributed by atoms with E-state index >= 15 is 0 Å². The van der Waals surface area contributed by atoms with Crippen LogP contribution in [-0.4, -0.2) is 5.66 Å². The zero-order valence-electron chi connectivity index (χ0n) is 16.0. The van der Waals surface area contributed by atoms with E-state index in [2.05, 4.69) is 84.8 Å². The fraction of sp³-hybridized carbons (Fsp3) is 0.333. The molecule has 140 valence electrons. The number of benzene rings is 3. The van der Waals surface area contributed by atoms with Crippen LogP contribution in [0.25, 0.3) is 10.8 Å². The van der Waals surface area contributed by atoms with E-state index in [0.29, 0.717) is 5.66 Å². The monoisotopic (exact) mass is 393 g/mol. The summed E-state index contributed by atoms with van der Waals surface area (Å²) in [6.45, 7) is 2.29. The van der Waals surface area contributed by atoms with Crippen molar-refractivity contribution >= 4 is 34.1 Å². The Morgan fingerprint density at radius 1 is 0.852 bits per heavy atom. The molecule has 1 saturated carbocycles. The molecule has 0 spiro atoms. The molecule has 1 aliphatic rings. The van der Waals surface area contributed by atoms with Gasteiger partial charge in [0.05, 0.1) is 0 Å². The third kappa shape index (κ3) is 3.90. The van der Waals surface area contributed by atoms with Crippen molar-refractivity contribution in [3.05, 3.63) is 78.4 Å². The lowest BCUT2D eigenvalue weighted by molar-refractivity contribution is 0.507. The normalized spacial score (nSPS) is 18.9. The molecule has 4 rings (SSSR count). The molecule has 0 heterocycles. The Bertz CT molecular complexity index is 942. The second-order valence-electron chi connectivity index (χ2n) is 7.70. The van der Waals surface area contributed by atoms with Crippen molar-refractivity contribution in [3.8, 4) is 0 Å². The second-order valence-corrected chi connectivity index (χ2v) is 12.3. The molecule has 0 unspecified atom stereocenters. The lowest BCUT2D eigenvalue weighted by Crippen LogP contribution is -2.31. The molecule has 1 aliphatic carbocycles. The van der Waals surface area contributed by atoms with Gasteiger partial charge in [-0.1, -0.05) is 104 Å². The predicted molar refractivity (Wildman–Crippen MR) is 123 cm³/mol. The van der Waals surface area contributed by atoms with Crippen molar-refractivity contribution in [1.82, 2.24) is 5.09 Å². The molecule has 3 aromatic carbocycles. The Balaban J connectivity index is 1.72. The smallest absolute Gasteiger partial charge is 0.0438 e. The molecule has 1 N–H and O–H groups in total. The van der Waals surface area contributed by atoms with Crippen LogP contribution in [-0.2, 0) is 11.8 Å². The van der Waals surface area contributed by atoms with E-state index in [9.17, 15) is 0 Å². The van der Waals surface area contributed by atoms with E-state index in [1.807, 2.05) is 0 Å². The van der Waals surface area contributed by atoms with Crippen LogP contribution in [0, 0.1) is 0 Å². The summed E-state index contributed by atoms with van der Waals surface area (Å²) in [6.07, 6.45) is 4.67. The van der Waals surface area contributed by atoms with Crippen LogP contribution in [0.5, 0.6) is 0 Å². The minimum Gasteiger partial charge on any atom is -0.278 e. The van der Waals surface area contributed by atoms with Crippen LogP contribution in [0.4, 0.5) is 0 Å². The SMILES string of the molecule is C[C@H](N[P@](=S)(c1ccccc1)C1CCCCC1)c1cccc2ccccc12. The number of hydrogen-bond acceptors (Lipinski definition) is 1. The van der Waals surface area contributed by atoms with Gasteiger partial charge in [0, 0.05) is 17.9 Å². The standard InChI is InChI=1S/C24H28NPS/c1-19(23-18-10-12-20-11-8-9-17-24(20)23)25-26(27,21-13-4-2-5-14-21)22-15-6-3-7-16-22/h2,4-5,8-14,17-19,22H,3,6-7,15-16H2,1H3,(H,25,27)/t19-,26-/m0/s1. The van der Waals surface area contributed by atoms with Crippen molar-refractivity contribution < 1.29 is 0 Å². The van der Waals surface area contributed by atoms with Crippen molar-refractivity contribution in [2.75, 3.05) is 0 Å². The van der Waals surface area contributed by atoms with Crippen molar-refractivity contribution in [3.63, 3.8) is 0 Å². The lowest BCUT2D eigenvalue weighted by Gasteiger charge is -2.37. The van der Waals surface area contributed by atoms with Crippen molar-refractivity contribution in [1.29, 1.82) is 0 Å². The Morgan fingerprint density at radius 3 is 2.30 bits per heavy atom. The van der Waals surface area contributed by atoms with Gasteiger partial charge in [0.15, 0.2) is 0 Å². The maximum atomic E-state index is 6.49. The summed E-state index contributed by atoms with van der Waals surface area (Å²) in [5.74, 6) is 0. The maximum absolute atomic E-state index is 6.49. The van der Waals surface area contributed by atoms with Crippen LogP contribution in [0.1, 0.15) is 50.6 Å². The Morgan fingerprint density at radius 2 is 1.52 bits per heavy atom. The highest BCUT2D eigenvalue weighted by atomic mass is 32.4. The first-order valence-corrected chi connectivity index (χ1v) is 13.0. The van der Waals surface area contributed by atoms with Gasteiger partial charge in [0.1, 0.15) is 0 Å². The average molecular weight is 394 g/mol. The van der Waals surface area contributed by atoms with Gasteiger partial charge < -0.3 is 0 Å². The topological polar surface area (TPSA) is 12.0 Å². The highest BCUT2D eigenvalue weighted by Gasteiger charge is 2.32. The molecule has 0 amide bonds. The van der Waals surface area contributed by atoms with Crippen LogP contribution >= 0.6 is 6.19 Å². The summed E-state index contributed by atoms with van der Waals surface area (Å²) < 4.78 is 0. The molecule has 3 heteroatoms. The van der Waals surface area contributed by atoms with Crippen LogP contribution in [0.3, 0.4) is 0 Å². The molecular formula is C24H28NPS. The fourth-order valence-corrected chi connectivity index (χ4v) is 9.15. The van der Waals surface area contributed by atoms with E-state index in [4.69, 9.17) is 11.8 Å². The van der Waals surface area contributed by atoms with E-state index < -0.39 is 6.19 Å².